The van der Waals surface area contributed by atoms with Crippen LogP contribution >= 0.6 is 0 Å². The maximum absolute atomic E-state index is 11.4. The number of anilines is 2. The van der Waals surface area contributed by atoms with Crippen LogP contribution in [0.5, 0.6) is 0 Å². The Morgan fingerprint density at radius 1 is 1.03 bits per heavy atom. The lowest BCUT2D eigenvalue weighted by molar-refractivity contribution is -0.121. The average molecular weight is 413 g/mol. The van der Waals surface area contributed by atoms with Crippen LogP contribution in [-0.4, -0.2) is 62.3 Å². The second-order valence-corrected chi connectivity index (χ2v) is 5.66. The summed E-state index contributed by atoms with van der Waals surface area (Å²) in [6.07, 6.45) is 5.31. The van der Waals surface area contributed by atoms with E-state index in [-0.39, 0.29) is 5.92 Å². The van der Waals surface area contributed by atoms with Crippen LogP contribution in [0.1, 0.15) is 61.3 Å². The van der Waals surface area contributed by atoms with Gasteiger partial charge in [-0.1, -0.05) is 41.5 Å². The minimum absolute atomic E-state index is 0.207. The molecular weight excluding hydrogens is 368 g/mol. The fourth-order valence-electron chi connectivity index (χ4n) is 2.59. The number of carbonyl (C=O) groups is 1. The van der Waals surface area contributed by atoms with Gasteiger partial charge in [0.2, 0.25) is 0 Å². The van der Waals surface area contributed by atoms with Gasteiger partial charge in [-0.2, -0.15) is 0 Å². The molecule has 1 aliphatic heterocycles. The number of rotatable bonds is 9. The lowest BCUT2D eigenvalue weighted by Gasteiger charge is -2.31. The van der Waals surface area contributed by atoms with Gasteiger partial charge in [-0.3, -0.25) is 4.79 Å². The van der Waals surface area contributed by atoms with E-state index in [9.17, 15) is 4.79 Å². The van der Waals surface area contributed by atoms with Crippen molar-refractivity contribution >= 4 is 17.4 Å². The van der Waals surface area contributed by atoms with Crippen molar-refractivity contribution in [1.82, 2.24) is 9.97 Å². The molecule has 0 bridgehead atoms. The molecule has 7 nitrogen and oxygen atoms in total. The third-order valence-corrected chi connectivity index (χ3v) is 4.02. The maximum Gasteiger partial charge on any atom is 0.147 e. The molecule has 0 aliphatic carbocycles. The van der Waals surface area contributed by atoms with E-state index in [1.807, 2.05) is 41.5 Å². The molecule has 7 heteroatoms. The highest BCUT2D eigenvalue weighted by atomic mass is 16.5. The Bertz CT molecular complexity index is 475. The minimum Gasteiger partial charge on any atom is -0.382 e. The van der Waals surface area contributed by atoms with Gasteiger partial charge in [-0.05, 0) is 19.8 Å². The van der Waals surface area contributed by atoms with Crippen LogP contribution in [0.25, 0.3) is 0 Å². The summed E-state index contributed by atoms with van der Waals surface area (Å²) in [7, 11) is 1.65. The normalized spacial score (nSPS) is 13.0. The number of ether oxygens (including phenoxy) is 2. The van der Waals surface area contributed by atoms with Crippen molar-refractivity contribution in [1.29, 1.82) is 0 Å². The summed E-state index contributed by atoms with van der Waals surface area (Å²) in [6.45, 7) is 17.9. The number of aromatic nitrogens is 2. The van der Waals surface area contributed by atoms with Crippen LogP contribution in [0.4, 0.5) is 11.6 Å². The molecule has 0 radical (unpaired) electrons. The zero-order valence-corrected chi connectivity index (χ0v) is 20.0. The van der Waals surface area contributed by atoms with Gasteiger partial charge in [0.05, 0.1) is 32.2 Å². The topological polar surface area (TPSA) is 76.6 Å². The molecule has 1 saturated heterocycles. The number of hydrogen-bond donors (Lipinski definition) is 1. The molecule has 0 amide bonds. The Morgan fingerprint density at radius 2 is 1.66 bits per heavy atom. The van der Waals surface area contributed by atoms with Crippen molar-refractivity contribution in [2.45, 2.75) is 61.3 Å². The highest BCUT2D eigenvalue weighted by Crippen LogP contribution is 2.22. The third-order valence-electron chi connectivity index (χ3n) is 4.02. The molecule has 2 heterocycles. The molecule has 0 saturated carbocycles. The number of nitrogens with zero attached hydrogens (tertiary/aromatic N) is 3. The van der Waals surface area contributed by atoms with E-state index in [0.717, 1.165) is 37.6 Å². The fraction of sp³-hybridized carbons (Fsp3) is 0.773. The van der Waals surface area contributed by atoms with Gasteiger partial charge in [0.1, 0.15) is 17.4 Å². The molecule has 29 heavy (non-hydrogen) atoms. The summed E-state index contributed by atoms with van der Waals surface area (Å²) in [5, 5.41) is 3.17. The smallest absolute Gasteiger partial charge is 0.147 e. The molecule has 1 aliphatic rings. The Hall–Kier alpha value is -1.73. The van der Waals surface area contributed by atoms with E-state index in [1.165, 1.54) is 0 Å². The van der Waals surface area contributed by atoms with Gasteiger partial charge < -0.3 is 19.7 Å². The Kier molecular flexibility index (Phi) is 21.3. The second kappa shape index (κ2) is 21.0. The summed E-state index contributed by atoms with van der Waals surface area (Å²) >= 11 is 0. The maximum atomic E-state index is 11.4. The van der Waals surface area contributed by atoms with Crippen LogP contribution in [0.15, 0.2) is 12.4 Å². The Morgan fingerprint density at radius 3 is 2.14 bits per heavy atom. The molecule has 2 rings (SSSR count). The Labute approximate surface area is 178 Å². The van der Waals surface area contributed by atoms with E-state index < -0.39 is 0 Å². The number of methoxy groups -OCH3 is 1. The monoisotopic (exact) mass is 412 g/mol. The van der Waals surface area contributed by atoms with Crippen molar-refractivity contribution in [3.05, 3.63) is 12.4 Å². The molecule has 0 spiro atoms. The predicted molar refractivity (Wildman–Crippen MR) is 123 cm³/mol. The summed E-state index contributed by atoms with van der Waals surface area (Å²) in [5.74, 6) is 2.11. The fourth-order valence-corrected chi connectivity index (χ4v) is 2.59. The molecular formula is C22H44N4O3. The van der Waals surface area contributed by atoms with Crippen molar-refractivity contribution in [2.75, 3.05) is 56.8 Å². The second-order valence-electron chi connectivity index (χ2n) is 5.66. The SMILES string of the molecule is CC.CC.CC.COCCOCCNc1cnc(N2CCC(C(C)=O)CC2)cn1. The van der Waals surface area contributed by atoms with Crippen LogP contribution in [0.3, 0.4) is 0 Å². The first-order valence-electron chi connectivity index (χ1n) is 11.1. The third kappa shape index (κ3) is 13.2. The highest BCUT2D eigenvalue weighted by molar-refractivity contribution is 5.78. The molecule has 1 fully saturated rings. The lowest BCUT2D eigenvalue weighted by atomic mass is 9.93. The molecule has 0 aromatic carbocycles. The first kappa shape index (κ1) is 29.5. The standard InChI is InChI=1S/C16H26N4O3.3C2H6/c1-13(21)14-3-6-20(7-4-14)16-12-18-15(11-19-16)17-5-8-23-10-9-22-2;3*1-2/h11-12,14H,3-10H2,1-2H3,(H,17,18);3*1-2H3. The summed E-state index contributed by atoms with van der Waals surface area (Å²) in [4.78, 5) is 22.4. The predicted octanol–water partition coefficient (Wildman–Crippen LogP) is 4.44. The van der Waals surface area contributed by atoms with E-state index in [0.29, 0.717) is 32.1 Å². The number of Topliss-reactive ketones (excluding diaryl/α,β-unsaturated/α-hetero) is 1. The lowest BCUT2D eigenvalue weighted by Crippen LogP contribution is -2.36. The summed E-state index contributed by atoms with van der Waals surface area (Å²) < 4.78 is 10.3. The first-order valence-corrected chi connectivity index (χ1v) is 11.1. The number of hydrogen-bond acceptors (Lipinski definition) is 7. The van der Waals surface area contributed by atoms with E-state index >= 15 is 0 Å². The quantitative estimate of drug-likeness (QED) is 0.601. The highest BCUT2D eigenvalue weighted by Gasteiger charge is 2.23. The molecule has 1 aromatic heterocycles. The van der Waals surface area contributed by atoms with Crippen molar-refractivity contribution in [2.24, 2.45) is 5.92 Å². The van der Waals surface area contributed by atoms with Gasteiger partial charge >= 0.3 is 0 Å². The average Bonchev–Trinajstić information content (AvgIpc) is 2.81. The van der Waals surface area contributed by atoms with Gasteiger partial charge in [0.25, 0.3) is 0 Å². The summed E-state index contributed by atoms with van der Waals surface area (Å²) in [5.41, 5.74) is 0. The largest absolute Gasteiger partial charge is 0.382 e. The van der Waals surface area contributed by atoms with Gasteiger partial charge in [-0.15, -0.1) is 0 Å². The van der Waals surface area contributed by atoms with E-state index in [4.69, 9.17) is 9.47 Å². The number of piperidine rings is 1. The first-order chi connectivity index (χ1) is 14.2. The van der Waals surface area contributed by atoms with Crippen LogP contribution < -0.4 is 10.2 Å². The van der Waals surface area contributed by atoms with E-state index in [2.05, 4.69) is 20.2 Å². The van der Waals surface area contributed by atoms with Gasteiger partial charge in [0, 0.05) is 32.7 Å². The van der Waals surface area contributed by atoms with Crippen LogP contribution in [0.2, 0.25) is 0 Å². The minimum atomic E-state index is 0.207. The van der Waals surface area contributed by atoms with E-state index in [1.54, 1.807) is 26.4 Å². The molecule has 1 aromatic rings. The molecule has 0 unspecified atom stereocenters. The molecule has 0 atom stereocenters. The molecule has 1 N–H and O–H groups in total. The van der Waals surface area contributed by atoms with Gasteiger partial charge in [-0.25, -0.2) is 9.97 Å². The zero-order chi connectivity index (χ0) is 22.5. The molecule has 170 valence electrons. The van der Waals surface area contributed by atoms with Crippen molar-refractivity contribution in [3.63, 3.8) is 0 Å². The Balaban J connectivity index is 0. The van der Waals surface area contributed by atoms with Gasteiger partial charge in [0.15, 0.2) is 0 Å². The van der Waals surface area contributed by atoms with Crippen LogP contribution in [-0.2, 0) is 14.3 Å². The van der Waals surface area contributed by atoms with Crippen LogP contribution in [0, 0.1) is 5.92 Å². The summed E-state index contributed by atoms with van der Waals surface area (Å²) in [6, 6.07) is 0. The number of nitrogens with one attached hydrogen (secondary N) is 1. The van der Waals surface area contributed by atoms with Crippen molar-refractivity contribution < 1.29 is 14.3 Å². The number of ketones is 1. The zero-order valence-electron chi connectivity index (χ0n) is 20.0. The number of carbonyl (C=O) groups excluding carboxylic acids is 1. The van der Waals surface area contributed by atoms with Crippen molar-refractivity contribution in [3.8, 4) is 0 Å².